The van der Waals surface area contributed by atoms with Crippen molar-refractivity contribution in [2.24, 2.45) is 0 Å². The molecule has 5 heteroatoms. The fourth-order valence-corrected chi connectivity index (χ4v) is 1.99. The summed E-state index contributed by atoms with van der Waals surface area (Å²) in [5.74, 6) is -1.29. The first-order valence-electron chi connectivity index (χ1n) is 5.73. The summed E-state index contributed by atoms with van der Waals surface area (Å²) in [5, 5.41) is 9.03. The van der Waals surface area contributed by atoms with Crippen molar-refractivity contribution < 1.29 is 19.5 Å². The lowest BCUT2D eigenvalue weighted by atomic mass is 10.0. The zero-order valence-electron chi connectivity index (χ0n) is 9.76. The first-order chi connectivity index (χ1) is 8.59. The highest BCUT2D eigenvalue weighted by Gasteiger charge is 2.24. The van der Waals surface area contributed by atoms with Gasteiger partial charge in [-0.25, -0.2) is 4.79 Å². The number of hydrogen-bond acceptors (Lipinski definition) is 3. The van der Waals surface area contributed by atoms with E-state index < -0.39 is 5.97 Å². The van der Waals surface area contributed by atoms with Crippen molar-refractivity contribution in [2.75, 3.05) is 13.1 Å². The third-order valence-electron chi connectivity index (χ3n) is 3.00. The van der Waals surface area contributed by atoms with Crippen LogP contribution in [0.25, 0.3) is 0 Å². The number of carbonyl (C=O) groups excluding carboxylic acids is 2. The summed E-state index contributed by atoms with van der Waals surface area (Å²) in [6.45, 7) is 0.733. The fraction of sp³-hybridized carbons (Fsp3) is 0.308. The molecule has 94 valence electrons. The Morgan fingerprint density at radius 3 is 2.17 bits per heavy atom. The molecule has 5 nitrogen and oxygen atoms in total. The van der Waals surface area contributed by atoms with E-state index in [2.05, 4.69) is 0 Å². The van der Waals surface area contributed by atoms with Crippen molar-refractivity contribution >= 4 is 17.7 Å². The molecule has 18 heavy (non-hydrogen) atoms. The van der Waals surface area contributed by atoms with Crippen LogP contribution in [0.5, 0.6) is 0 Å². The lowest BCUT2D eigenvalue weighted by molar-refractivity contribution is -0.120. The molecule has 0 atom stereocenters. The zero-order chi connectivity index (χ0) is 13.1. The van der Waals surface area contributed by atoms with Gasteiger partial charge in [-0.15, -0.1) is 0 Å². The van der Waals surface area contributed by atoms with E-state index >= 15 is 0 Å². The summed E-state index contributed by atoms with van der Waals surface area (Å²) < 4.78 is 0. The van der Waals surface area contributed by atoms with Crippen LogP contribution in [0.1, 0.15) is 33.6 Å². The smallest absolute Gasteiger partial charge is 0.336 e. The normalized spacial score (nSPS) is 15.6. The van der Waals surface area contributed by atoms with Gasteiger partial charge in [0.15, 0.2) is 0 Å². The zero-order valence-corrected chi connectivity index (χ0v) is 9.76. The second-order valence-electron chi connectivity index (χ2n) is 4.18. The van der Waals surface area contributed by atoms with Gasteiger partial charge in [0.2, 0.25) is 0 Å². The lowest BCUT2D eigenvalue weighted by Crippen LogP contribution is -2.39. The molecular formula is C13H13NO4. The van der Waals surface area contributed by atoms with Gasteiger partial charge in [-0.05, 0) is 12.1 Å². The number of rotatable bonds is 2. The number of Topliss-reactive ketones (excluding diaryl/α,β-unsaturated/α-hetero) is 1. The van der Waals surface area contributed by atoms with Gasteiger partial charge >= 0.3 is 5.97 Å². The monoisotopic (exact) mass is 247 g/mol. The third-order valence-corrected chi connectivity index (χ3v) is 3.00. The minimum atomic E-state index is -1.12. The number of piperidine rings is 1. The number of likely N-dealkylation sites (tertiary alicyclic amines) is 1. The van der Waals surface area contributed by atoms with Crippen molar-refractivity contribution in [1.82, 2.24) is 4.90 Å². The van der Waals surface area contributed by atoms with Crippen LogP contribution in [-0.2, 0) is 4.79 Å². The van der Waals surface area contributed by atoms with Crippen molar-refractivity contribution in [3.63, 3.8) is 0 Å². The van der Waals surface area contributed by atoms with E-state index in [-0.39, 0.29) is 22.8 Å². The van der Waals surface area contributed by atoms with Crippen LogP contribution < -0.4 is 0 Å². The van der Waals surface area contributed by atoms with E-state index in [0.717, 1.165) is 0 Å². The summed E-state index contributed by atoms with van der Waals surface area (Å²) in [7, 11) is 0. The molecule has 0 unspecified atom stereocenters. The van der Waals surface area contributed by atoms with Crippen molar-refractivity contribution in [3.8, 4) is 0 Å². The number of aromatic carboxylic acids is 1. The van der Waals surface area contributed by atoms with Gasteiger partial charge in [-0.2, -0.15) is 0 Å². The Hall–Kier alpha value is -2.17. The van der Waals surface area contributed by atoms with Crippen LogP contribution in [0.4, 0.5) is 0 Å². The molecule has 1 saturated heterocycles. The summed E-state index contributed by atoms with van der Waals surface area (Å²) in [6.07, 6.45) is 0.696. The molecule has 0 bridgehead atoms. The first-order valence-corrected chi connectivity index (χ1v) is 5.73. The maximum Gasteiger partial charge on any atom is 0.336 e. The molecular weight excluding hydrogens is 234 g/mol. The summed E-state index contributed by atoms with van der Waals surface area (Å²) in [6, 6.07) is 6.13. The van der Waals surface area contributed by atoms with E-state index in [1.807, 2.05) is 0 Å². The Labute approximate surface area is 104 Å². The SMILES string of the molecule is O=C1CCN(C(=O)c2ccccc2C(=O)O)CC1. The molecule has 0 radical (unpaired) electrons. The molecule has 1 aliphatic rings. The molecule has 1 aromatic rings. The average Bonchev–Trinajstić information content (AvgIpc) is 2.39. The van der Waals surface area contributed by atoms with E-state index in [1.54, 1.807) is 12.1 Å². The van der Waals surface area contributed by atoms with Crippen LogP contribution in [0.2, 0.25) is 0 Å². The molecule has 1 heterocycles. The van der Waals surface area contributed by atoms with Crippen LogP contribution in [0.15, 0.2) is 24.3 Å². The van der Waals surface area contributed by atoms with Gasteiger partial charge in [0.1, 0.15) is 5.78 Å². The van der Waals surface area contributed by atoms with Gasteiger partial charge < -0.3 is 10.0 Å². The van der Waals surface area contributed by atoms with Gasteiger partial charge in [0.25, 0.3) is 5.91 Å². The Balaban J connectivity index is 2.23. The molecule has 0 spiro atoms. The van der Waals surface area contributed by atoms with Crippen LogP contribution in [0, 0.1) is 0 Å². The minimum absolute atomic E-state index is 0.000556. The van der Waals surface area contributed by atoms with Gasteiger partial charge in [0.05, 0.1) is 11.1 Å². The molecule has 1 aromatic carbocycles. The van der Waals surface area contributed by atoms with Crippen molar-refractivity contribution in [3.05, 3.63) is 35.4 Å². The van der Waals surface area contributed by atoms with Crippen molar-refractivity contribution in [2.45, 2.75) is 12.8 Å². The van der Waals surface area contributed by atoms with E-state index in [0.29, 0.717) is 25.9 Å². The van der Waals surface area contributed by atoms with Crippen LogP contribution in [0.3, 0.4) is 0 Å². The van der Waals surface area contributed by atoms with Gasteiger partial charge in [-0.3, -0.25) is 9.59 Å². The Morgan fingerprint density at radius 2 is 1.61 bits per heavy atom. The van der Waals surface area contributed by atoms with Crippen molar-refractivity contribution in [1.29, 1.82) is 0 Å². The average molecular weight is 247 g/mol. The number of benzene rings is 1. The largest absolute Gasteiger partial charge is 0.478 e. The quantitative estimate of drug-likeness (QED) is 0.851. The first kappa shape index (κ1) is 12.3. The van der Waals surface area contributed by atoms with Crippen LogP contribution >= 0.6 is 0 Å². The molecule has 1 N–H and O–H groups in total. The van der Waals surface area contributed by atoms with E-state index in [4.69, 9.17) is 5.11 Å². The standard InChI is InChI=1S/C13H13NO4/c15-9-5-7-14(8-6-9)12(16)10-3-1-2-4-11(10)13(17)18/h1-4H,5-8H2,(H,17,18). The van der Waals surface area contributed by atoms with Gasteiger partial charge in [-0.1, -0.05) is 12.1 Å². The second kappa shape index (κ2) is 5.00. The number of carboxylic acid groups (broad SMARTS) is 1. The highest BCUT2D eigenvalue weighted by atomic mass is 16.4. The number of carboxylic acids is 1. The molecule has 1 fully saturated rings. The molecule has 0 aromatic heterocycles. The maximum absolute atomic E-state index is 12.2. The summed E-state index contributed by atoms with van der Waals surface area (Å²) >= 11 is 0. The molecule has 0 aliphatic carbocycles. The Morgan fingerprint density at radius 1 is 1.06 bits per heavy atom. The van der Waals surface area contributed by atoms with E-state index in [9.17, 15) is 14.4 Å². The number of hydrogen-bond donors (Lipinski definition) is 1. The predicted molar refractivity (Wildman–Crippen MR) is 63.5 cm³/mol. The number of nitrogens with zero attached hydrogens (tertiary/aromatic N) is 1. The molecule has 2 rings (SSSR count). The summed E-state index contributed by atoms with van der Waals surface area (Å²) in [4.78, 5) is 35.9. The Kier molecular flexibility index (Phi) is 3.41. The van der Waals surface area contributed by atoms with Crippen LogP contribution in [-0.4, -0.2) is 40.8 Å². The number of carbonyl (C=O) groups is 3. The molecule has 1 amide bonds. The topological polar surface area (TPSA) is 74.7 Å². The second-order valence-corrected chi connectivity index (χ2v) is 4.18. The molecule has 0 saturated carbocycles. The maximum atomic E-state index is 12.2. The number of ketones is 1. The molecule has 1 aliphatic heterocycles. The third kappa shape index (κ3) is 2.40. The fourth-order valence-electron chi connectivity index (χ4n) is 1.99. The summed E-state index contributed by atoms with van der Waals surface area (Å²) in [5.41, 5.74) is 0.179. The number of amides is 1. The van der Waals surface area contributed by atoms with E-state index in [1.165, 1.54) is 17.0 Å². The van der Waals surface area contributed by atoms with Gasteiger partial charge in [0, 0.05) is 25.9 Å². The highest BCUT2D eigenvalue weighted by Crippen LogP contribution is 2.15. The highest BCUT2D eigenvalue weighted by molar-refractivity contribution is 6.05. The lowest BCUT2D eigenvalue weighted by Gasteiger charge is -2.26. The Bertz CT molecular complexity index is 499. The predicted octanol–water partition coefficient (Wildman–Crippen LogP) is 1.19. The minimum Gasteiger partial charge on any atom is -0.478 e.